The van der Waals surface area contributed by atoms with E-state index in [1.165, 1.54) is 22.8 Å². The van der Waals surface area contributed by atoms with Crippen LogP contribution in [0.2, 0.25) is 0 Å². The van der Waals surface area contributed by atoms with Crippen LogP contribution < -0.4 is 16.6 Å². The number of aromatic nitrogens is 2. The molecule has 10 heteroatoms. The highest BCUT2D eigenvalue weighted by molar-refractivity contribution is 5.94. The minimum absolute atomic E-state index is 0.0428. The third-order valence-corrected chi connectivity index (χ3v) is 5.42. The summed E-state index contributed by atoms with van der Waals surface area (Å²) in [5, 5.41) is 21.5. The minimum atomic E-state index is -0.514. The van der Waals surface area contributed by atoms with Crippen molar-refractivity contribution in [2.24, 2.45) is 11.7 Å². The molecular weight excluding hydrogens is 448 g/mol. The number of hydrogen-bond donors (Lipinski definition) is 3. The average molecular weight is 477 g/mol. The van der Waals surface area contributed by atoms with Crippen LogP contribution in [0.1, 0.15) is 36.4 Å². The lowest BCUT2D eigenvalue weighted by Crippen LogP contribution is -2.33. The number of nitrogens with one attached hydrogen (secondary N) is 2. The summed E-state index contributed by atoms with van der Waals surface area (Å²) in [6.07, 6.45) is -0.228. The number of amides is 1. The predicted molar refractivity (Wildman–Crippen MR) is 133 cm³/mol. The Morgan fingerprint density at radius 3 is 2.51 bits per heavy atom. The fourth-order valence-electron chi connectivity index (χ4n) is 3.67. The van der Waals surface area contributed by atoms with Crippen LogP contribution in [0.15, 0.2) is 53.3 Å². The van der Waals surface area contributed by atoms with Crippen LogP contribution in [0.5, 0.6) is 0 Å². The van der Waals surface area contributed by atoms with Crippen molar-refractivity contribution in [2.75, 3.05) is 0 Å². The molecule has 0 bridgehead atoms. The van der Waals surface area contributed by atoms with Crippen molar-refractivity contribution in [3.63, 3.8) is 0 Å². The van der Waals surface area contributed by atoms with Crippen molar-refractivity contribution in [2.45, 2.75) is 40.3 Å². The van der Waals surface area contributed by atoms with Crippen molar-refractivity contribution >= 4 is 17.4 Å². The molecule has 2 aromatic carbocycles. The van der Waals surface area contributed by atoms with Crippen molar-refractivity contribution in [1.29, 1.82) is 5.41 Å². The summed E-state index contributed by atoms with van der Waals surface area (Å²) in [4.78, 5) is 41.6. The maximum atomic E-state index is 13.4. The van der Waals surface area contributed by atoms with Gasteiger partial charge >= 0.3 is 0 Å². The highest BCUT2D eigenvalue weighted by Crippen LogP contribution is 2.25. The van der Waals surface area contributed by atoms with Crippen LogP contribution >= 0.6 is 0 Å². The summed E-state index contributed by atoms with van der Waals surface area (Å²) in [6.45, 7) is 6.32. The highest BCUT2D eigenvalue weighted by atomic mass is 16.6. The largest absolute Gasteiger partial charge is 0.384 e. The van der Waals surface area contributed by atoms with E-state index in [1.54, 1.807) is 37.3 Å². The first-order valence-corrected chi connectivity index (χ1v) is 11.1. The van der Waals surface area contributed by atoms with E-state index in [1.807, 2.05) is 13.8 Å². The van der Waals surface area contributed by atoms with E-state index in [2.05, 4.69) is 10.3 Å². The van der Waals surface area contributed by atoms with Gasteiger partial charge in [0.2, 0.25) is 5.91 Å². The molecule has 1 heterocycles. The Labute approximate surface area is 202 Å². The van der Waals surface area contributed by atoms with Crippen LogP contribution in [0.25, 0.3) is 11.3 Å². The highest BCUT2D eigenvalue weighted by Gasteiger charge is 2.21. The molecule has 0 saturated carbocycles. The van der Waals surface area contributed by atoms with Gasteiger partial charge in [-0.25, -0.2) is 4.98 Å². The van der Waals surface area contributed by atoms with E-state index in [4.69, 9.17) is 11.1 Å². The second kappa shape index (κ2) is 10.7. The standard InChI is InChI=1S/C25H28N6O4/c1-15(2)14-30-16(3)29-23(19-5-4-6-20(11-19)31(34)35)21(25(30)33)12-22(32)28-13-17-7-9-18(10-8-17)24(26)27/h4-11,15H,12-14H2,1-3H3,(H3,26,27)(H,28,32). The number of nitrogens with zero attached hydrogens (tertiary/aromatic N) is 3. The average Bonchev–Trinajstić information content (AvgIpc) is 2.82. The van der Waals surface area contributed by atoms with Gasteiger partial charge in [0.05, 0.1) is 22.6 Å². The first-order chi connectivity index (χ1) is 16.6. The van der Waals surface area contributed by atoms with Crippen LogP contribution in [0.3, 0.4) is 0 Å². The minimum Gasteiger partial charge on any atom is -0.384 e. The van der Waals surface area contributed by atoms with Gasteiger partial charge in [-0.05, 0) is 18.4 Å². The lowest BCUT2D eigenvalue weighted by molar-refractivity contribution is -0.384. The molecule has 4 N–H and O–H groups in total. The number of nitrogens with two attached hydrogens (primary N) is 1. The molecule has 0 radical (unpaired) electrons. The van der Waals surface area contributed by atoms with Gasteiger partial charge in [-0.1, -0.05) is 50.2 Å². The topological polar surface area (TPSA) is 157 Å². The first-order valence-electron chi connectivity index (χ1n) is 11.1. The van der Waals surface area contributed by atoms with Gasteiger partial charge in [0.25, 0.3) is 11.2 Å². The molecule has 0 unspecified atom stereocenters. The van der Waals surface area contributed by atoms with E-state index in [9.17, 15) is 19.7 Å². The number of nitro benzene ring substituents is 1. The summed E-state index contributed by atoms with van der Waals surface area (Å²) in [7, 11) is 0. The second-order valence-corrected chi connectivity index (χ2v) is 8.67. The smallest absolute Gasteiger partial charge is 0.270 e. The van der Waals surface area contributed by atoms with Crippen LogP contribution in [0, 0.1) is 28.4 Å². The lowest BCUT2D eigenvalue weighted by Gasteiger charge is -2.17. The van der Waals surface area contributed by atoms with Crippen LogP contribution in [-0.2, 0) is 24.3 Å². The first kappa shape index (κ1) is 25.3. The van der Waals surface area contributed by atoms with Crippen molar-refractivity contribution in [3.05, 3.63) is 91.5 Å². The number of benzene rings is 2. The zero-order valence-electron chi connectivity index (χ0n) is 19.9. The lowest BCUT2D eigenvalue weighted by atomic mass is 10.0. The normalized spacial score (nSPS) is 10.9. The number of aryl methyl sites for hydroxylation is 1. The number of non-ortho nitro benzene ring substituents is 1. The van der Waals surface area contributed by atoms with E-state index in [-0.39, 0.29) is 53.1 Å². The summed E-state index contributed by atoms with van der Waals surface area (Å²) in [6, 6.07) is 12.8. The van der Waals surface area contributed by atoms with Gasteiger partial charge in [0, 0.05) is 36.3 Å². The molecular formula is C25H28N6O4. The third kappa shape index (κ3) is 6.17. The van der Waals surface area contributed by atoms with Gasteiger partial charge in [0.1, 0.15) is 11.7 Å². The second-order valence-electron chi connectivity index (χ2n) is 8.67. The summed E-state index contributed by atoms with van der Waals surface area (Å²) < 4.78 is 1.54. The quantitative estimate of drug-likeness (QED) is 0.186. The number of rotatable bonds is 9. The molecule has 3 rings (SSSR count). The molecule has 1 aromatic heterocycles. The molecule has 0 aliphatic heterocycles. The van der Waals surface area contributed by atoms with Gasteiger partial charge in [-0.15, -0.1) is 0 Å². The molecule has 0 aliphatic rings. The van der Waals surface area contributed by atoms with E-state index >= 15 is 0 Å². The zero-order chi connectivity index (χ0) is 25.7. The zero-order valence-corrected chi connectivity index (χ0v) is 19.9. The maximum absolute atomic E-state index is 13.4. The molecule has 3 aromatic rings. The number of amidine groups is 1. The fourth-order valence-corrected chi connectivity index (χ4v) is 3.67. The maximum Gasteiger partial charge on any atom is 0.270 e. The van der Waals surface area contributed by atoms with Gasteiger partial charge in [-0.2, -0.15) is 0 Å². The number of hydrogen-bond acceptors (Lipinski definition) is 6. The van der Waals surface area contributed by atoms with E-state index in [0.717, 1.165) is 5.56 Å². The Hall–Kier alpha value is -4.34. The molecule has 0 saturated heterocycles. The Balaban J connectivity index is 1.94. The van der Waals surface area contributed by atoms with Gasteiger partial charge < -0.3 is 11.1 Å². The molecule has 35 heavy (non-hydrogen) atoms. The Morgan fingerprint density at radius 1 is 1.23 bits per heavy atom. The predicted octanol–water partition coefficient (Wildman–Crippen LogP) is 2.93. The number of nitro groups is 1. The number of carbonyl (C=O) groups is 1. The molecule has 10 nitrogen and oxygen atoms in total. The molecule has 0 fully saturated rings. The van der Waals surface area contributed by atoms with Gasteiger partial charge in [-0.3, -0.25) is 29.7 Å². The fraction of sp³-hybridized carbons (Fsp3) is 0.280. The van der Waals surface area contributed by atoms with E-state index in [0.29, 0.717) is 23.5 Å². The van der Waals surface area contributed by atoms with Crippen molar-refractivity contribution < 1.29 is 9.72 Å². The Bertz CT molecular complexity index is 1330. The molecule has 0 atom stereocenters. The van der Waals surface area contributed by atoms with Crippen LogP contribution in [-0.4, -0.2) is 26.2 Å². The summed E-state index contributed by atoms with van der Waals surface area (Å²) >= 11 is 0. The van der Waals surface area contributed by atoms with Crippen molar-refractivity contribution in [1.82, 2.24) is 14.9 Å². The number of nitrogen functional groups attached to an aromatic ring is 1. The summed E-state index contributed by atoms with van der Waals surface area (Å²) in [5.74, 6) is 0.224. The van der Waals surface area contributed by atoms with Gasteiger partial charge in [0.15, 0.2) is 0 Å². The Morgan fingerprint density at radius 2 is 1.91 bits per heavy atom. The monoisotopic (exact) mass is 476 g/mol. The molecule has 0 aliphatic carbocycles. The Kier molecular flexibility index (Phi) is 7.75. The van der Waals surface area contributed by atoms with E-state index < -0.39 is 4.92 Å². The molecule has 0 spiro atoms. The SMILES string of the molecule is Cc1nc(-c2cccc([N+](=O)[O-])c2)c(CC(=O)NCc2ccc(C(=N)N)cc2)c(=O)n1CC(C)C. The van der Waals surface area contributed by atoms with Crippen molar-refractivity contribution in [3.8, 4) is 11.3 Å². The third-order valence-electron chi connectivity index (χ3n) is 5.42. The number of carbonyl (C=O) groups excluding carboxylic acids is 1. The summed E-state index contributed by atoms with van der Waals surface area (Å²) in [5.41, 5.74) is 7.23. The van der Waals surface area contributed by atoms with Crippen LogP contribution in [0.4, 0.5) is 5.69 Å². The molecule has 1 amide bonds. The molecule has 182 valence electrons.